The van der Waals surface area contributed by atoms with Crippen molar-refractivity contribution < 1.29 is 9.13 Å². The maximum Gasteiger partial charge on any atom is 0.140 e. The van der Waals surface area contributed by atoms with Crippen molar-refractivity contribution >= 4 is 0 Å². The minimum Gasteiger partial charge on any atom is -0.371 e. The Balaban J connectivity index is 2.23. The Morgan fingerprint density at radius 1 is 1.50 bits per heavy atom. The molecule has 0 unspecified atom stereocenters. The zero-order valence-corrected chi connectivity index (χ0v) is 11.5. The maximum absolute atomic E-state index is 13.3. The fourth-order valence-electron chi connectivity index (χ4n) is 2.09. The van der Waals surface area contributed by atoms with Crippen LogP contribution in [0.5, 0.6) is 0 Å². The molecule has 1 aromatic carbocycles. The molecule has 104 valence electrons. The van der Waals surface area contributed by atoms with E-state index in [0.717, 1.165) is 11.4 Å². The summed E-state index contributed by atoms with van der Waals surface area (Å²) in [6.07, 6.45) is 3.45. The Kier molecular flexibility index (Phi) is 4.49. The van der Waals surface area contributed by atoms with Gasteiger partial charge in [-0.25, -0.2) is 9.37 Å². The second-order valence-electron chi connectivity index (χ2n) is 4.44. The lowest BCUT2D eigenvalue weighted by Gasteiger charge is -2.14. The molecule has 4 nitrogen and oxygen atoms in total. The van der Waals surface area contributed by atoms with Gasteiger partial charge in [0.05, 0.1) is 5.56 Å². The van der Waals surface area contributed by atoms with E-state index in [2.05, 4.69) is 4.98 Å². The first-order valence-corrected chi connectivity index (χ1v) is 6.46. The number of imidazole rings is 1. The summed E-state index contributed by atoms with van der Waals surface area (Å²) in [5.41, 5.74) is 0.910. The topological polar surface area (TPSA) is 50.8 Å². The van der Waals surface area contributed by atoms with E-state index in [1.54, 1.807) is 18.3 Å². The lowest BCUT2D eigenvalue weighted by atomic mass is 10.1. The Morgan fingerprint density at radius 3 is 3.00 bits per heavy atom. The average Bonchev–Trinajstić information content (AvgIpc) is 2.89. The van der Waals surface area contributed by atoms with Crippen molar-refractivity contribution in [1.29, 1.82) is 5.26 Å². The van der Waals surface area contributed by atoms with Crippen molar-refractivity contribution in [3.63, 3.8) is 0 Å². The van der Waals surface area contributed by atoms with Gasteiger partial charge in [-0.1, -0.05) is 6.07 Å². The van der Waals surface area contributed by atoms with Crippen LogP contribution in [-0.2, 0) is 11.3 Å². The summed E-state index contributed by atoms with van der Waals surface area (Å²) in [5, 5.41) is 8.85. The molecule has 1 heterocycles. The number of ether oxygens (including phenoxy) is 1. The quantitative estimate of drug-likeness (QED) is 0.841. The molecule has 0 saturated heterocycles. The van der Waals surface area contributed by atoms with Crippen molar-refractivity contribution in [2.75, 3.05) is 6.61 Å². The number of hydrogen-bond acceptors (Lipinski definition) is 3. The number of halogens is 1. The molecular weight excluding hydrogens is 257 g/mol. The molecule has 0 radical (unpaired) electrons. The third-order valence-electron chi connectivity index (χ3n) is 3.03. The van der Waals surface area contributed by atoms with Crippen molar-refractivity contribution in [1.82, 2.24) is 9.55 Å². The fraction of sp³-hybridized carbons (Fsp3) is 0.333. The summed E-state index contributed by atoms with van der Waals surface area (Å²) < 4.78 is 20.8. The van der Waals surface area contributed by atoms with Gasteiger partial charge >= 0.3 is 0 Å². The number of nitrogens with zero attached hydrogens (tertiary/aromatic N) is 3. The van der Waals surface area contributed by atoms with Crippen molar-refractivity contribution in [2.24, 2.45) is 0 Å². The molecule has 0 aliphatic carbocycles. The van der Waals surface area contributed by atoms with Crippen LogP contribution in [-0.4, -0.2) is 16.2 Å². The Bertz CT molecular complexity index is 630. The first kappa shape index (κ1) is 14.2. The van der Waals surface area contributed by atoms with E-state index in [-0.39, 0.29) is 11.7 Å². The highest BCUT2D eigenvalue weighted by atomic mass is 19.1. The van der Waals surface area contributed by atoms with Crippen molar-refractivity contribution in [3.8, 4) is 6.07 Å². The van der Waals surface area contributed by atoms with Crippen LogP contribution in [0, 0.1) is 17.1 Å². The highest BCUT2D eigenvalue weighted by molar-refractivity contribution is 5.34. The molecule has 0 fully saturated rings. The smallest absolute Gasteiger partial charge is 0.140 e. The third kappa shape index (κ3) is 3.03. The predicted molar refractivity (Wildman–Crippen MR) is 72.5 cm³/mol. The van der Waals surface area contributed by atoms with Crippen LogP contribution >= 0.6 is 0 Å². The zero-order chi connectivity index (χ0) is 14.5. The molecule has 0 N–H and O–H groups in total. The second-order valence-corrected chi connectivity index (χ2v) is 4.44. The van der Waals surface area contributed by atoms with Crippen LogP contribution in [0.25, 0.3) is 0 Å². The summed E-state index contributed by atoms with van der Waals surface area (Å²) >= 11 is 0. The molecule has 2 rings (SSSR count). The van der Waals surface area contributed by atoms with Crippen molar-refractivity contribution in [3.05, 3.63) is 53.4 Å². The van der Waals surface area contributed by atoms with Gasteiger partial charge < -0.3 is 9.30 Å². The van der Waals surface area contributed by atoms with Gasteiger partial charge in [0, 0.05) is 25.5 Å². The van der Waals surface area contributed by atoms with Crippen LogP contribution in [0.15, 0.2) is 30.6 Å². The number of nitriles is 1. The second kappa shape index (κ2) is 6.31. The van der Waals surface area contributed by atoms with E-state index in [9.17, 15) is 4.39 Å². The van der Waals surface area contributed by atoms with Gasteiger partial charge in [-0.3, -0.25) is 0 Å². The lowest BCUT2D eigenvalue weighted by molar-refractivity contribution is 0.0677. The standard InChI is InChI=1S/C15H16FN3O/c1-3-20-11(2)15-18-6-7-19(15)10-12-4-5-14(16)13(8-12)9-17/h4-8,11H,3,10H2,1-2H3/t11-/m0/s1. The minimum atomic E-state index is -0.496. The summed E-state index contributed by atoms with van der Waals surface area (Å²) in [6, 6.07) is 6.40. The molecule has 20 heavy (non-hydrogen) atoms. The highest BCUT2D eigenvalue weighted by Gasteiger charge is 2.12. The van der Waals surface area contributed by atoms with E-state index in [1.165, 1.54) is 6.07 Å². The van der Waals surface area contributed by atoms with Gasteiger partial charge in [0.15, 0.2) is 0 Å². The largest absolute Gasteiger partial charge is 0.371 e. The normalized spacial score (nSPS) is 12.1. The van der Waals surface area contributed by atoms with Gasteiger partial charge in [-0.15, -0.1) is 0 Å². The molecule has 0 bridgehead atoms. The first-order valence-electron chi connectivity index (χ1n) is 6.46. The Labute approximate surface area is 117 Å². The Hall–Kier alpha value is -2.19. The molecule has 0 saturated carbocycles. The monoisotopic (exact) mass is 273 g/mol. The summed E-state index contributed by atoms with van der Waals surface area (Å²) in [7, 11) is 0. The molecular formula is C15H16FN3O. The molecule has 0 aliphatic heterocycles. The summed E-state index contributed by atoms with van der Waals surface area (Å²) in [4.78, 5) is 4.29. The minimum absolute atomic E-state index is 0.0574. The first-order chi connectivity index (χ1) is 9.65. The van der Waals surface area contributed by atoms with E-state index >= 15 is 0 Å². The zero-order valence-electron chi connectivity index (χ0n) is 11.5. The van der Waals surface area contributed by atoms with Gasteiger partial charge in [-0.05, 0) is 31.5 Å². The highest BCUT2D eigenvalue weighted by Crippen LogP contribution is 2.17. The van der Waals surface area contributed by atoms with Gasteiger partial charge in [0.1, 0.15) is 23.8 Å². The van der Waals surface area contributed by atoms with Gasteiger partial charge in [0.2, 0.25) is 0 Å². The summed E-state index contributed by atoms with van der Waals surface area (Å²) in [6.45, 7) is 5.02. The van der Waals surface area contributed by atoms with Crippen LogP contribution < -0.4 is 0 Å². The van der Waals surface area contributed by atoms with E-state index in [1.807, 2.05) is 30.7 Å². The lowest BCUT2D eigenvalue weighted by Crippen LogP contribution is -2.10. The predicted octanol–water partition coefficient (Wildman–Crippen LogP) is 3.04. The van der Waals surface area contributed by atoms with E-state index in [0.29, 0.717) is 13.2 Å². The van der Waals surface area contributed by atoms with Gasteiger partial charge in [-0.2, -0.15) is 5.26 Å². The maximum atomic E-state index is 13.3. The molecule has 2 aromatic rings. The number of hydrogen-bond donors (Lipinski definition) is 0. The van der Waals surface area contributed by atoms with Crippen LogP contribution in [0.4, 0.5) is 4.39 Å². The number of benzene rings is 1. The van der Waals surface area contributed by atoms with Crippen LogP contribution in [0.3, 0.4) is 0 Å². The Morgan fingerprint density at radius 2 is 2.30 bits per heavy atom. The van der Waals surface area contributed by atoms with Crippen LogP contribution in [0.2, 0.25) is 0 Å². The SMILES string of the molecule is CCO[C@@H](C)c1nccn1Cc1ccc(F)c(C#N)c1. The molecule has 5 heteroatoms. The molecule has 0 amide bonds. The van der Waals surface area contributed by atoms with E-state index < -0.39 is 5.82 Å². The van der Waals surface area contributed by atoms with Gasteiger partial charge in [0.25, 0.3) is 0 Å². The molecule has 0 aliphatic rings. The average molecular weight is 273 g/mol. The van der Waals surface area contributed by atoms with Crippen molar-refractivity contribution in [2.45, 2.75) is 26.5 Å². The molecule has 0 spiro atoms. The number of aromatic nitrogens is 2. The summed E-state index contributed by atoms with van der Waals surface area (Å²) in [5.74, 6) is 0.319. The molecule has 1 aromatic heterocycles. The van der Waals surface area contributed by atoms with Crippen LogP contribution in [0.1, 0.15) is 36.9 Å². The van der Waals surface area contributed by atoms with E-state index in [4.69, 9.17) is 10.00 Å². The third-order valence-corrected chi connectivity index (χ3v) is 3.03. The number of rotatable bonds is 5. The molecule has 1 atom stereocenters. The fourth-order valence-corrected chi connectivity index (χ4v) is 2.09.